The smallest absolute Gasteiger partial charge is 0.323 e. The van der Waals surface area contributed by atoms with Gasteiger partial charge in [0.25, 0.3) is 5.69 Å². The lowest BCUT2D eigenvalue weighted by atomic mass is 9.96. The summed E-state index contributed by atoms with van der Waals surface area (Å²) in [6, 6.07) is 3.64. The minimum atomic E-state index is -0.514. The summed E-state index contributed by atoms with van der Waals surface area (Å²) in [5.74, 6) is 0.245. The normalized spacial score (nSPS) is 14.1. The molecule has 0 radical (unpaired) electrons. The maximum atomic E-state index is 11.9. The highest BCUT2D eigenvalue weighted by Gasteiger charge is 2.13. The lowest BCUT2D eigenvalue weighted by Gasteiger charge is -2.14. The summed E-state index contributed by atoms with van der Waals surface area (Å²) in [6.45, 7) is 0. The van der Waals surface area contributed by atoms with Crippen molar-refractivity contribution >= 4 is 17.4 Å². The molecule has 0 atom stereocenters. The second-order valence-electron chi connectivity index (χ2n) is 5.10. The second-order valence-corrected chi connectivity index (χ2v) is 5.10. The number of urea groups is 1. The molecule has 0 spiro atoms. The van der Waals surface area contributed by atoms with Gasteiger partial charge in [-0.2, -0.15) is 0 Å². The molecule has 0 aromatic heterocycles. The van der Waals surface area contributed by atoms with Crippen molar-refractivity contribution < 1.29 is 14.5 Å². The number of rotatable bonds is 4. The Hall–Kier alpha value is -2.57. The number of nitrogens with one attached hydrogen (secondary N) is 2. The Kier molecular flexibility index (Phi) is 5.35. The van der Waals surface area contributed by atoms with Gasteiger partial charge >= 0.3 is 6.03 Å². The van der Waals surface area contributed by atoms with Crippen LogP contribution in [0.15, 0.2) is 30.0 Å². The quantitative estimate of drug-likeness (QED) is 0.656. The van der Waals surface area contributed by atoms with Crippen molar-refractivity contribution in [1.82, 2.24) is 5.32 Å². The first-order valence-corrected chi connectivity index (χ1v) is 7.18. The summed E-state index contributed by atoms with van der Waals surface area (Å²) < 4.78 is 5.07. The Morgan fingerprint density at radius 2 is 2.05 bits per heavy atom. The number of hydrogen-bond acceptors (Lipinski definition) is 4. The van der Waals surface area contributed by atoms with E-state index in [0.717, 1.165) is 25.7 Å². The zero-order valence-electron chi connectivity index (χ0n) is 12.4. The van der Waals surface area contributed by atoms with Crippen LogP contribution >= 0.6 is 0 Å². The van der Waals surface area contributed by atoms with Crippen LogP contribution in [0, 0.1) is 10.1 Å². The van der Waals surface area contributed by atoms with Crippen molar-refractivity contribution in [3.05, 3.63) is 40.1 Å². The fourth-order valence-corrected chi connectivity index (χ4v) is 2.37. The van der Waals surface area contributed by atoms with E-state index in [4.69, 9.17) is 4.74 Å². The van der Waals surface area contributed by atoms with Crippen LogP contribution in [0.1, 0.15) is 32.1 Å². The maximum Gasteiger partial charge on any atom is 0.323 e. The number of hydrogen-bond donors (Lipinski definition) is 2. The SMILES string of the molecule is COc1cc([N+](=O)[O-])ccc1NC(=O)NC=C1CCCCC1. The molecule has 2 rings (SSSR count). The molecule has 2 amide bonds. The van der Waals surface area contributed by atoms with Gasteiger partial charge in [-0.15, -0.1) is 0 Å². The number of amides is 2. The van der Waals surface area contributed by atoms with E-state index >= 15 is 0 Å². The first-order chi connectivity index (χ1) is 10.6. The van der Waals surface area contributed by atoms with Gasteiger partial charge in [-0.05, 0) is 31.7 Å². The molecule has 1 fully saturated rings. The molecule has 1 aliphatic carbocycles. The van der Waals surface area contributed by atoms with Crippen molar-refractivity contribution in [2.24, 2.45) is 0 Å². The zero-order valence-corrected chi connectivity index (χ0v) is 12.4. The van der Waals surface area contributed by atoms with Crippen LogP contribution in [0.2, 0.25) is 0 Å². The van der Waals surface area contributed by atoms with Gasteiger partial charge in [-0.3, -0.25) is 10.1 Å². The highest BCUT2D eigenvalue weighted by atomic mass is 16.6. The number of nitrogens with zero attached hydrogens (tertiary/aromatic N) is 1. The van der Waals surface area contributed by atoms with Gasteiger partial charge in [-0.1, -0.05) is 12.0 Å². The molecule has 0 aliphatic heterocycles. The fraction of sp³-hybridized carbons (Fsp3) is 0.400. The molecule has 0 unspecified atom stereocenters. The Morgan fingerprint density at radius 1 is 1.32 bits per heavy atom. The summed E-state index contributed by atoms with van der Waals surface area (Å²) in [6.07, 6.45) is 7.33. The predicted octanol–water partition coefficient (Wildman–Crippen LogP) is 3.57. The summed E-state index contributed by atoms with van der Waals surface area (Å²) in [7, 11) is 1.39. The van der Waals surface area contributed by atoms with Crippen LogP contribution in [-0.2, 0) is 0 Å². The van der Waals surface area contributed by atoms with E-state index in [0.29, 0.717) is 5.69 Å². The molecule has 7 nitrogen and oxygen atoms in total. The Bertz CT molecular complexity index is 590. The van der Waals surface area contributed by atoms with Gasteiger partial charge in [0.05, 0.1) is 23.8 Å². The number of nitro benzene ring substituents is 1. The molecule has 1 aromatic carbocycles. The number of non-ortho nitro benzene ring substituents is 1. The topological polar surface area (TPSA) is 93.5 Å². The average Bonchev–Trinajstić information content (AvgIpc) is 2.54. The first kappa shape index (κ1) is 15.8. The lowest BCUT2D eigenvalue weighted by molar-refractivity contribution is -0.384. The predicted molar refractivity (Wildman–Crippen MR) is 83.0 cm³/mol. The number of methoxy groups -OCH3 is 1. The highest BCUT2D eigenvalue weighted by Crippen LogP contribution is 2.29. The molecule has 22 heavy (non-hydrogen) atoms. The molecule has 0 heterocycles. The highest BCUT2D eigenvalue weighted by molar-refractivity contribution is 5.91. The minimum Gasteiger partial charge on any atom is -0.494 e. The number of benzene rings is 1. The van der Waals surface area contributed by atoms with E-state index in [1.165, 1.54) is 37.3 Å². The number of carbonyl (C=O) groups is 1. The summed E-state index contributed by atoms with van der Waals surface area (Å²) in [5, 5.41) is 16.0. The molecule has 1 aliphatic rings. The van der Waals surface area contributed by atoms with Crippen LogP contribution in [0.4, 0.5) is 16.2 Å². The molecule has 1 saturated carbocycles. The molecule has 2 N–H and O–H groups in total. The molecular weight excluding hydrogens is 286 g/mol. The zero-order chi connectivity index (χ0) is 15.9. The van der Waals surface area contributed by atoms with E-state index in [1.807, 2.05) is 0 Å². The van der Waals surface area contributed by atoms with E-state index in [-0.39, 0.29) is 11.4 Å². The number of ether oxygens (including phenoxy) is 1. The summed E-state index contributed by atoms with van der Waals surface area (Å²) in [4.78, 5) is 22.1. The van der Waals surface area contributed by atoms with Gasteiger partial charge in [0.15, 0.2) is 0 Å². The molecule has 1 aromatic rings. The standard InChI is InChI=1S/C15H19N3O4/c1-22-14-9-12(18(20)21)7-8-13(14)17-15(19)16-10-11-5-3-2-4-6-11/h7-10H,2-6H2,1H3,(H2,16,17,19). The van der Waals surface area contributed by atoms with Gasteiger partial charge in [-0.25, -0.2) is 4.79 Å². The molecule has 7 heteroatoms. The number of allylic oxidation sites excluding steroid dienone is 1. The van der Waals surface area contributed by atoms with Gasteiger partial charge in [0.2, 0.25) is 0 Å². The fourth-order valence-electron chi connectivity index (χ4n) is 2.37. The molecule has 118 valence electrons. The third-order valence-corrected chi connectivity index (χ3v) is 3.55. The molecule has 0 bridgehead atoms. The molecule has 0 saturated heterocycles. The number of carbonyl (C=O) groups excluding carboxylic acids is 1. The molecular formula is C15H19N3O4. The Morgan fingerprint density at radius 3 is 2.68 bits per heavy atom. The lowest BCUT2D eigenvalue weighted by Crippen LogP contribution is -2.24. The number of nitro groups is 1. The minimum absolute atomic E-state index is 0.0906. The monoisotopic (exact) mass is 305 g/mol. The van der Waals surface area contributed by atoms with Crippen LogP contribution in [0.5, 0.6) is 5.75 Å². The first-order valence-electron chi connectivity index (χ1n) is 7.18. The maximum absolute atomic E-state index is 11.9. The number of anilines is 1. The van der Waals surface area contributed by atoms with Crippen molar-refractivity contribution in [3.8, 4) is 5.75 Å². The van der Waals surface area contributed by atoms with Crippen molar-refractivity contribution in [3.63, 3.8) is 0 Å². The third-order valence-electron chi connectivity index (χ3n) is 3.55. The van der Waals surface area contributed by atoms with Crippen LogP contribution in [0.3, 0.4) is 0 Å². The van der Waals surface area contributed by atoms with Gasteiger partial charge < -0.3 is 15.4 Å². The van der Waals surface area contributed by atoms with Crippen LogP contribution < -0.4 is 15.4 Å². The van der Waals surface area contributed by atoms with Crippen molar-refractivity contribution in [1.29, 1.82) is 0 Å². The van der Waals surface area contributed by atoms with Crippen molar-refractivity contribution in [2.45, 2.75) is 32.1 Å². The summed E-state index contributed by atoms with van der Waals surface area (Å²) in [5.41, 5.74) is 1.52. The van der Waals surface area contributed by atoms with E-state index in [9.17, 15) is 14.9 Å². The van der Waals surface area contributed by atoms with Gasteiger partial charge in [0.1, 0.15) is 5.75 Å². The van der Waals surface area contributed by atoms with E-state index < -0.39 is 11.0 Å². The van der Waals surface area contributed by atoms with Crippen molar-refractivity contribution in [2.75, 3.05) is 12.4 Å². The second kappa shape index (κ2) is 7.44. The third kappa shape index (κ3) is 4.21. The van der Waals surface area contributed by atoms with Crippen LogP contribution in [0.25, 0.3) is 0 Å². The largest absolute Gasteiger partial charge is 0.494 e. The van der Waals surface area contributed by atoms with E-state index in [2.05, 4.69) is 10.6 Å². The Labute approximate surface area is 128 Å². The summed E-state index contributed by atoms with van der Waals surface area (Å²) >= 11 is 0. The van der Waals surface area contributed by atoms with Gasteiger partial charge in [0, 0.05) is 12.3 Å². The van der Waals surface area contributed by atoms with Crippen LogP contribution in [-0.4, -0.2) is 18.1 Å². The average molecular weight is 305 g/mol. The van der Waals surface area contributed by atoms with E-state index in [1.54, 1.807) is 6.20 Å². The Balaban J connectivity index is 2.00.